The molecule has 2 aromatic rings. The maximum Gasteiger partial charge on any atom is 0.345 e. The summed E-state index contributed by atoms with van der Waals surface area (Å²) in [5, 5.41) is 14.0. The molecule has 0 aliphatic heterocycles. The molecular weight excluding hydrogens is 214 g/mol. The fourth-order valence-electron chi connectivity index (χ4n) is 1.05. The molecule has 0 bridgehead atoms. The number of benzene rings is 1. The Morgan fingerprint density at radius 1 is 1.33 bits per heavy atom. The third-order valence-corrected chi connectivity index (χ3v) is 2.56. The number of thiazole rings is 1. The molecule has 1 N–H and O–H groups in total. The molecule has 0 saturated heterocycles. The minimum absolute atomic E-state index is 0.0356. The standard InChI is InChI=1S/C9H7N3O2S/c13-12(14)8-6-10-9(15-8)11-7-4-2-1-3-5-7/h1-6H,(H,10,11). The van der Waals surface area contributed by atoms with Crippen LogP contribution in [0.25, 0.3) is 0 Å². The van der Waals surface area contributed by atoms with Gasteiger partial charge in [-0.3, -0.25) is 10.1 Å². The van der Waals surface area contributed by atoms with Crippen molar-refractivity contribution in [1.29, 1.82) is 0 Å². The van der Waals surface area contributed by atoms with Gasteiger partial charge in [0.25, 0.3) is 0 Å². The first-order valence-electron chi connectivity index (χ1n) is 4.18. The van der Waals surface area contributed by atoms with Crippen LogP contribution in [0.2, 0.25) is 0 Å². The molecule has 0 amide bonds. The van der Waals surface area contributed by atoms with Crippen LogP contribution in [0.3, 0.4) is 0 Å². The molecule has 0 atom stereocenters. The number of nitrogens with zero attached hydrogens (tertiary/aromatic N) is 2. The van der Waals surface area contributed by atoms with Crippen LogP contribution < -0.4 is 5.32 Å². The minimum atomic E-state index is -0.451. The van der Waals surface area contributed by atoms with Crippen LogP contribution >= 0.6 is 11.3 Å². The molecule has 0 unspecified atom stereocenters. The lowest BCUT2D eigenvalue weighted by Crippen LogP contribution is -1.87. The van der Waals surface area contributed by atoms with Gasteiger partial charge >= 0.3 is 5.00 Å². The van der Waals surface area contributed by atoms with Crippen LogP contribution in [0.1, 0.15) is 0 Å². The number of hydrogen-bond acceptors (Lipinski definition) is 5. The summed E-state index contributed by atoms with van der Waals surface area (Å²) in [7, 11) is 0. The molecule has 1 aromatic heterocycles. The number of nitro groups is 1. The Hall–Kier alpha value is -1.95. The zero-order chi connectivity index (χ0) is 10.7. The van der Waals surface area contributed by atoms with Gasteiger partial charge in [0.05, 0.1) is 4.92 Å². The van der Waals surface area contributed by atoms with E-state index in [1.54, 1.807) is 0 Å². The fraction of sp³-hybridized carbons (Fsp3) is 0. The van der Waals surface area contributed by atoms with Gasteiger partial charge in [0.1, 0.15) is 6.20 Å². The maximum absolute atomic E-state index is 10.4. The van der Waals surface area contributed by atoms with Gasteiger partial charge in [0.2, 0.25) is 0 Å². The molecule has 15 heavy (non-hydrogen) atoms. The highest BCUT2D eigenvalue weighted by Gasteiger charge is 2.10. The van der Waals surface area contributed by atoms with Crippen LogP contribution in [0.4, 0.5) is 15.8 Å². The lowest BCUT2D eigenvalue weighted by Gasteiger charge is -1.99. The van der Waals surface area contributed by atoms with Crippen LogP contribution in [-0.4, -0.2) is 9.91 Å². The van der Waals surface area contributed by atoms with E-state index in [1.807, 2.05) is 30.3 Å². The predicted molar refractivity (Wildman–Crippen MR) is 58.5 cm³/mol. The molecule has 0 spiro atoms. The Morgan fingerprint density at radius 3 is 2.67 bits per heavy atom. The Balaban J connectivity index is 2.15. The smallest absolute Gasteiger partial charge is 0.331 e. The highest BCUT2D eigenvalue weighted by molar-refractivity contribution is 7.18. The van der Waals surface area contributed by atoms with Crippen molar-refractivity contribution in [3.63, 3.8) is 0 Å². The quantitative estimate of drug-likeness (QED) is 0.639. The van der Waals surface area contributed by atoms with E-state index in [-0.39, 0.29) is 5.00 Å². The van der Waals surface area contributed by atoms with Crippen molar-refractivity contribution < 1.29 is 4.92 Å². The largest absolute Gasteiger partial charge is 0.345 e. The average molecular weight is 221 g/mol. The maximum atomic E-state index is 10.4. The van der Waals surface area contributed by atoms with Crippen LogP contribution in [0.5, 0.6) is 0 Å². The van der Waals surface area contributed by atoms with Crippen LogP contribution in [-0.2, 0) is 0 Å². The Kier molecular flexibility index (Phi) is 2.59. The Bertz CT molecular complexity index is 469. The second-order valence-electron chi connectivity index (χ2n) is 2.75. The summed E-state index contributed by atoms with van der Waals surface area (Å²) in [6.07, 6.45) is 1.25. The second kappa shape index (κ2) is 4.05. The summed E-state index contributed by atoms with van der Waals surface area (Å²) in [6, 6.07) is 9.39. The van der Waals surface area contributed by atoms with E-state index in [0.29, 0.717) is 5.13 Å². The third kappa shape index (κ3) is 2.29. The topological polar surface area (TPSA) is 68.1 Å². The normalized spacial score (nSPS) is 9.87. The molecular formula is C9H7N3O2S. The molecule has 0 saturated carbocycles. The number of rotatable bonds is 3. The van der Waals surface area contributed by atoms with E-state index in [1.165, 1.54) is 6.20 Å². The van der Waals surface area contributed by atoms with Gasteiger partial charge in [-0.1, -0.05) is 18.2 Å². The van der Waals surface area contributed by atoms with Gasteiger partial charge in [-0.2, -0.15) is 0 Å². The second-order valence-corrected chi connectivity index (χ2v) is 3.76. The van der Waals surface area contributed by atoms with Crippen molar-refractivity contribution in [1.82, 2.24) is 4.98 Å². The first-order valence-corrected chi connectivity index (χ1v) is 4.99. The van der Waals surface area contributed by atoms with E-state index in [9.17, 15) is 10.1 Å². The summed E-state index contributed by atoms with van der Waals surface area (Å²) >= 11 is 1.01. The van der Waals surface area contributed by atoms with Crippen LogP contribution in [0, 0.1) is 10.1 Å². The zero-order valence-electron chi connectivity index (χ0n) is 7.58. The number of anilines is 2. The molecule has 2 rings (SSSR count). The summed E-state index contributed by atoms with van der Waals surface area (Å²) in [4.78, 5) is 13.9. The molecule has 6 heteroatoms. The molecule has 1 aromatic carbocycles. The number of aromatic nitrogens is 1. The lowest BCUT2D eigenvalue weighted by atomic mass is 10.3. The van der Waals surface area contributed by atoms with E-state index < -0.39 is 4.92 Å². The molecule has 0 aliphatic carbocycles. The summed E-state index contributed by atoms with van der Waals surface area (Å²) in [5.41, 5.74) is 0.863. The average Bonchev–Trinajstić information content (AvgIpc) is 2.68. The van der Waals surface area contributed by atoms with Gasteiger partial charge in [-0.05, 0) is 23.5 Å². The van der Waals surface area contributed by atoms with E-state index in [0.717, 1.165) is 17.0 Å². The van der Waals surface area contributed by atoms with E-state index >= 15 is 0 Å². The highest BCUT2D eigenvalue weighted by atomic mass is 32.1. The van der Waals surface area contributed by atoms with Crippen LogP contribution in [0.15, 0.2) is 36.5 Å². The molecule has 0 fully saturated rings. The first-order chi connectivity index (χ1) is 7.25. The molecule has 0 aliphatic rings. The Morgan fingerprint density at radius 2 is 2.07 bits per heavy atom. The van der Waals surface area contributed by atoms with Gasteiger partial charge < -0.3 is 5.32 Å². The molecule has 5 nitrogen and oxygen atoms in total. The lowest BCUT2D eigenvalue weighted by molar-refractivity contribution is -0.380. The SMILES string of the molecule is O=[N+]([O-])c1cnc(Nc2ccccc2)s1. The van der Waals surface area contributed by atoms with Crippen molar-refractivity contribution in [2.75, 3.05) is 5.32 Å². The number of nitrogens with one attached hydrogen (secondary N) is 1. The van der Waals surface area contributed by atoms with E-state index in [4.69, 9.17) is 0 Å². The number of para-hydroxylation sites is 1. The summed E-state index contributed by atoms with van der Waals surface area (Å²) in [5.74, 6) is 0. The zero-order valence-corrected chi connectivity index (χ0v) is 8.40. The monoisotopic (exact) mass is 221 g/mol. The third-order valence-electron chi connectivity index (χ3n) is 1.70. The van der Waals surface area contributed by atoms with E-state index in [2.05, 4.69) is 10.3 Å². The van der Waals surface area contributed by atoms with Gasteiger partial charge in [0, 0.05) is 5.69 Å². The van der Waals surface area contributed by atoms with Gasteiger partial charge in [-0.15, -0.1) is 0 Å². The molecule has 0 radical (unpaired) electrons. The van der Waals surface area contributed by atoms with Crippen molar-refractivity contribution in [2.24, 2.45) is 0 Å². The molecule has 76 valence electrons. The van der Waals surface area contributed by atoms with Crippen molar-refractivity contribution in [3.05, 3.63) is 46.6 Å². The Labute approximate surface area is 89.6 Å². The van der Waals surface area contributed by atoms with Gasteiger partial charge in [-0.25, -0.2) is 4.98 Å². The summed E-state index contributed by atoms with van der Waals surface area (Å²) < 4.78 is 0. The molecule has 1 heterocycles. The minimum Gasteiger partial charge on any atom is -0.331 e. The fourth-order valence-corrected chi connectivity index (χ4v) is 1.71. The first kappa shape index (κ1) is 9.60. The van der Waals surface area contributed by atoms with Crippen molar-refractivity contribution >= 4 is 27.2 Å². The number of hydrogen-bond donors (Lipinski definition) is 1. The van der Waals surface area contributed by atoms with Gasteiger partial charge in [0.15, 0.2) is 5.13 Å². The predicted octanol–water partition coefficient (Wildman–Crippen LogP) is 2.79. The highest BCUT2D eigenvalue weighted by Crippen LogP contribution is 2.27. The van der Waals surface area contributed by atoms with Crippen molar-refractivity contribution in [2.45, 2.75) is 0 Å². The summed E-state index contributed by atoms with van der Waals surface area (Å²) in [6.45, 7) is 0. The van der Waals surface area contributed by atoms with Crippen molar-refractivity contribution in [3.8, 4) is 0 Å².